The maximum Gasteiger partial charge on any atom is 0.412 e. The van der Waals surface area contributed by atoms with E-state index in [2.05, 4.69) is 15.2 Å². The summed E-state index contributed by atoms with van der Waals surface area (Å²) in [5.41, 5.74) is 3.14. The molecule has 0 saturated heterocycles. The van der Waals surface area contributed by atoms with Gasteiger partial charge in [0.15, 0.2) is 5.76 Å². The Bertz CT molecular complexity index is 1090. The number of anilines is 2. The molecule has 32 heavy (non-hydrogen) atoms. The first-order valence-electron chi connectivity index (χ1n) is 9.73. The highest BCUT2D eigenvalue weighted by Crippen LogP contribution is 2.33. The van der Waals surface area contributed by atoms with Crippen LogP contribution in [0.1, 0.15) is 30.7 Å². The van der Waals surface area contributed by atoms with Crippen molar-refractivity contribution in [2.24, 2.45) is 0 Å². The molecule has 168 valence electrons. The number of carbonyl (C=O) groups is 2. The van der Waals surface area contributed by atoms with Crippen molar-refractivity contribution in [3.63, 3.8) is 0 Å². The van der Waals surface area contributed by atoms with Crippen molar-refractivity contribution < 1.29 is 24.0 Å². The molecule has 8 nitrogen and oxygen atoms in total. The van der Waals surface area contributed by atoms with Crippen LogP contribution in [-0.4, -0.2) is 28.1 Å². The predicted octanol–water partition coefficient (Wildman–Crippen LogP) is 6.15. The summed E-state index contributed by atoms with van der Waals surface area (Å²) in [5, 5.41) is 15.9. The van der Waals surface area contributed by atoms with Gasteiger partial charge in [0.25, 0.3) is 0 Å². The van der Waals surface area contributed by atoms with Gasteiger partial charge in [-0.1, -0.05) is 46.9 Å². The van der Waals surface area contributed by atoms with Crippen LogP contribution in [0.15, 0.2) is 53.1 Å². The van der Waals surface area contributed by atoms with Crippen LogP contribution in [0.4, 0.5) is 16.2 Å². The topological polar surface area (TPSA) is 114 Å². The molecule has 3 rings (SSSR count). The molecule has 1 atom stereocenters. The number of halogens is 1. The Morgan fingerprint density at radius 3 is 2.62 bits per heavy atom. The molecule has 0 fully saturated rings. The normalized spacial score (nSPS) is 11.6. The molecule has 1 unspecified atom stereocenters. The van der Waals surface area contributed by atoms with Crippen LogP contribution < -0.4 is 10.0 Å². The number of benzene rings is 2. The molecule has 3 N–H and O–H groups in total. The fraction of sp³-hybridized carbons (Fsp3) is 0.227. The van der Waals surface area contributed by atoms with Crippen LogP contribution in [0.5, 0.6) is 0 Å². The number of rotatable bonds is 9. The van der Waals surface area contributed by atoms with Gasteiger partial charge in [-0.2, -0.15) is 0 Å². The van der Waals surface area contributed by atoms with Gasteiger partial charge in [0.05, 0.1) is 6.42 Å². The van der Waals surface area contributed by atoms with Crippen LogP contribution in [-0.2, 0) is 9.53 Å². The molecule has 0 saturated carbocycles. The van der Waals surface area contributed by atoms with Crippen LogP contribution >= 0.6 is 23.5 Å². The molecular weight excluding hydrogens is 454 g/mol. The Balaban J connectivity index is 1.65. The Hall–Kier alpha value is -3.17. The predicted molar refractivity (Wildman–Crippen MR) is 125 cm³/mol. The first-order chi connectivity index (χ1) is 15.3. The molecule has 1 aromatic heterocycles. The molecule has 1 heterocycles. The van der Waals surface area contributed by atoms with Crippen molar-refractivity contribution in [2.45, 2.75) is 26.4 Å². The number of carboxylic acid groups (broad SMARTS) is 1. The lowest BCUT2D eigenvalue weighted by Crippen LogP contribution is -2.17. The van der Waals surface area contributed by atoms with E-state index >= 15 is 0 Å². The van der Waals surface area contributed by atoms with E-state index in [9.17, 15) is 9.59 Å². The molecule has 10 heteroatoms. The number of nitrogens with zero attached hydrogens (tertiary/aromatic N) is 1. The number of amides is 1. The second-order valence-electron chi connectivity index (χ2n) is 6.84. The van der Waals surface area contributed by atoms with E-state index in [1.165, 1.54) is 11.9 Å². The minimum absolute atomic E-state index is 0.0767. The van der Waals surface area contributed by atoms with Crippen molar-refractivity contribution in [3.05, 3.63) is 64.8 Å². The molecule has 0 bridgehead atoms. The van der Waals surface area contributed by atoms with E-state index < -0.39 is 18.2 Å². The number of aliphatic carboxylic acids is 1. The first kappa shape index (κ1) is 23.5. The van der Waals surface area contributed by atoms with Crippen LogP contribution in [0.2, 0.25) is 5.02 Å². The van der Waals surface area contributed by atoms with E-state index in [0.29, 0.717) is 39.0 Å². The average Bonchev–Trinajstić information content (AvgIpc) is 3.11. The molecule has 3 aromatic rings. The summed E-state index contributed by atoms with van der Waals surface area (Å²) in [6.45, 7) is 3.46. The number of carboxylic acids is 1. The first-order valence-corrected chi connectivity index (χ1v) is 11.1. The van der Waals surface area contributed by atoms with E-state index in [1.807, 2.05) is 30.3 Å². The van der Waals surface area contributed by atoms with Gasteiger partial charge in [-0.05, 0) is 44.2 Å². The van der Waals surface area contributed by atoms with Crippen molar-refractivity contribution in [1.82, 2.24) is 5.16 Å². The third-order valence-electron chi connectivity index (χ3n) is 4.47. The molecule has 0 aliphatic heterocycles. The zero-order valence-electron chi connectivity index (χ0n) is 17.4. The van der Waals surface area contributed by atoms with Crippen LogP contribution in [0.25, 0.3) is 11.3 Å². The Morgan fingerprint density at radius 1 is 1.22 bits per heavy atom. The van der Waals surface area contributed by atoms with Gasteiger partial charge in [-0.25, -0.2) is 4.79 Å². The summed E-state index contributed by atoms with van der Waals surface area (Å²) in [6.07, 6.45) is -1.12. The second-order valence-corrected chi connectivity index (χ2v) is 8.15. The van der Waals surface area contributed by atoms with Gasteiger partial charge in [-0.15, -0.1) is 0 Å². The highest BCUT2D eigenvalue weighted by molar-refractivity contribution is 8.00. The summed E-state index contributed by atoms with van der Waals surface area (Å²) in [4.78, 5) is 23.1. The van der Waals surface area contributed by atoms with E-state index in [-0.39, 0.29) is 6.42 Å². The third-order valence-corrected chi connectivity index (χ3v) is 5.60. The third kappa shape index (κ3) is 6.18. The van der Waals surface area contributed by atoms with Gasteiger partial charge in [0.2, 0.25) is 0 Å². The number of aromatic nitrogens is 1. The maximum atomic E-state index is 12.5. The van der Waals surface area contributed by atoms with Crippen LogP contribution in [0.3, 0.4) is 0 Å². The highest BCUT2D eigenvalue weighted by Gasteiger charge is 2.20. The number of aryl methyl sites for hydroxylation is 1. The fourth-order valence-electron chi connectivity index (χ4n) is 2.84. The molecule has 0 spiro atoms. The zero-order valence-corrected chi connectivity index (χ0v) is 19.0. The smallest absolute Gasteiger partial charge is 0.412 e. The summed E-state index contributed by atoms with van der Waals surface area (Å²) in [7, 11) is 0. The number of hydrogen-bond acceptors (Lipinski definition) is 7. The maximum absolute atomic E-state index is 12.5. The van der Waals surface area contributed by atoms with Gasteiger partial charge >= 0.3 is 12.1 Å². The van der Waals surface area contributed by atoms with E-state index in [0.717, 1.165) is 5.69 Å². The SMILES string of the molecule is Cc1noc(-c2ccc(NSCCC(=O)O)cc2)c1NC(=O)OC(C)c1ccccc1Cl. The Morgan fingerprint density at radius 2 is 1.94 bits per heavy atom. The van der Waals surface area contributed by atoms with Crippen molar-refractivity contribution in [1.29, 1.82) is 0 Å². The van der Waals surface area contributed by atoms with Gasteiger partial charge < -0.3 is 19.1 Å². The summed E-state index contributed by atoms with van der Waals surface area (Å²) in [6, 6.07) is 14.4. The zero-order chi connectivity index (χ0) is 23.1. The lowest BCUT2D eigenvalue weighted by molar-refractivity contribution is -0.136. The van der Waals surface area contributed by atoms with Crippen molar-refractivity contribution in [3.8, 4) is 11.3 Å². The monoisotopic (exact) mass is 475 g/mol. The van der Waals surface area contributed by atoms with Gasteiger partial charge in [-0.3, -0.25) is 10.1 Å². The quantitative estimate of drug-likeness (QED) is 0.249. The summed E-state index contributed by atoms with van der Waals surface area (Å²) < 4.78 is 14.0. The summed E-state index contributed by atoms with van der Waals surface area (Å²) >= 11 is 7.48. The average molecular weight is 476 g/mol. The molecule has 0 aliphatic rings. The number of nitrogens with one attached hydrogen (secondary N) is 2. The van der Waals surface area contributed by atoms with Crippen LogP contribution in [0, 0.1) is 6.92 Å². The lowest BCUT2D eigenvalue weighted by atomic mass is 10.1. The highest BCUT2D eigenvalue weighted by atomic mass is 35.5. The van der Waals surface area contributed by atoms with E-state index in [1.54, 1.807) is 32.0 Å². The molecule has 0 radical (unpaired) electrons. The molecule has 2 aromatic carbocycles. The minimum atomic E-state index is -0.838. The molecule has 1 amide bonds. The minimum Gasteiger partial charge on any atom is -0.481 e. The summed E-state index contributed by atoms with van der Waals surface area (Å²) in [5.74, 6) is 0.00587. The van der Waals surface area contributed by atoms with Crippen molar-refractivity contribution >= 4 is 47.0 Å². The number of hydrogen-bond donors (Lipinski definition) is 3. The second kappa shape index (κ2) is 10.9. The number of carbonyl (C=O) groups excluding carboxylic acids is 1. The van der Waals surface area contributed by atoms with Gasteiger partial charge in [0.1, 0.15) is 17.5 Å². The molecule has 0 aliphatic carbocycles. The van der Waals surface area contributed by atoms with E-state index in [4.69, 9.17) is 26.0 Å². The van der Waals surface area contributed by atoms with Gasteiger partial charge in [0, 0.05) is 27.6 Å². The van der Waals surface area contributed by atoms with Crippen molar-refractivity contribution in [2.75, 3.05) is 15.8 Å². The lowest BCUT2D eigenvalue weighted by Gasteiger charge is -2.15. The largest absolute Gasteiger partial charge is 0.481 e. The Labute approximate surface area is 194 Å². The molecular formula is C22H22ClN3O5S. The standard InChI is InChI=1S/C22H22ClN3O5S/c1-13-20(24-22(29)30-14(2)17-5-3-4-6-18(17)23)21(31-25-13)15-7-9-16(10-8-15)26-32-12-11-19(27)28/h3-10,14,26H,11-12H2,1-2H3,(H,24,29)(H,27,28). The Kier molecular flexibility index (Phi) is 8.02. The number of ether oxygens (including phenoxy) is 1. The fourth-order valence-corrected chi connectivity index (χ4v) is 3.81.